The molecule has 3 nitrogen and oxygen atoms in total. The van der Waals surface area contributed by atoms with E-state index in [9.17, 15) is 13.6 Å². The van der Waals surface area contributed by atoms with Crippen LogP contribution in [0.4, 0.5) is 8.78 Å². The number of hydrogen-bond donors (Lipinski definition) is 0. The molecular formula is C23H20F2N2O. The van der Waals surface area contributed by atoms with Gasteiger partial charge < -0.3 is 0 Å². The summed E-state index contributed by atoms with van der Waals surface area (Å²) in [5.41, 5.74) is 3.67. The van der Waals surface area contributed by atoms with Gasteiger partial charge in [-0.2, -0.15) is 5.10 Å². The first kappa shape index (κ1) is 18.3. The largest absolute Gasteiger partial charge is 0.268 e. The fourth-order valence-corrected chi connectivity index (χ4v) is 4.03. The normalized spacial score (nSPS) is 22.7. The number of carbonyl (C=O) groups excluding carboxylic acids is 1. The van der Waals surface area contributed by atoms with Crippen LogP contribution < -0.4 is 0 Å². The van der Waals surface area contributed by atoms with Gasteiger partial charge >= 0.3 is 0 Å². The Labute approximate surface area is 162 Å². The van der Waals surface area contributed by atoms with Gasteiger partial charge in [0, 0.05) is 5.92 Å². The Kier molecular flexibility index (Phi) is 4.90. The van der Waals surface area contributed by atoms with E-state index in [0.717, 1.165) is 41.7 Å². The number of allylic oxidation sites excluding steroid dienone is 1. The maximum Gasteiger partial charge on any atom is 0.266 e. The van der Waals surface area contributed by atoms with Crippen LogP contribution in [0.25, 0.3) is 6.08 Å². The van der Waals surface area contributed by atoms with Gasteiger partial charge in [-0.15, -0.1) is 0 Å². The van der Waals surface area contributed by atoms with Crippen LogP contribution in [0.3, 0.4) is 0 Å². The van der Waals surface area contributed by atoms with Crippen LogP contribution >= 0.6 is 0 Å². The van der Waals surface area contributed by atoms with Crippen LogP contribution in [-0.4, -0.2) is 16.6 Å². The summed E-state index contributed by atoms with van der Waals surface area (Å²) in [6.07, 6.45) is 5.96. The van der Waals surface area contributed by atoms with Crippen molar-refractivity contribution >= 4 is 17.7 Å². The van der Waals surface area contributed by atoms with Crippen LogP contribution in [0, 0.1) is 17.6 Å². The third-order valence-electron chi connectivity index (χ3n) is 5.32. The zero-order chi connectivity index (χ0) is 19.7. The molecule has 0 unspecified atom stereocenters. The van der Waals surface area contributed by atoms with Crippen molar-refractivity contribution in [3.63, 3.8) is 0 Å². The number of halogens is 2. The molecule has 0 saturated heterocycles. The Morgan fingerprint density at radius 2 is 1.71 bits per heavy atom. The first-order valence-corrected chi connectivity index (χ1v) is 9.33. The second kappa shape index (κ2) is 7.50. The highest BCUT2D eigenvalue weighted by Gasteiger charge is 2.43. The van der Waals surface area contributed by atoms with Gasteiger partial charge in [0.1, 0.15) is 11.6 Å². The minimum absolute atomic E-state index is 0.0369. The van der Waals surface area contributed by atoms with Crippen LogP contribution in [0.15, 0.2) is 71.9 Å². The second-order valence-corrected chi connectivity index (χ2v) is 7.09. The molecule has 1 aliphatic carbocycles. The molecule has 28 heavy (non-hydrogen) atoms. The van der Waals surface area contributed by atoms with E-state index < -0.39 is 0 Å². The van der Waals surface area contributed by atoms with Crippen LogP contribution in [0.1, 0.15) is 36.4 Å². The summed E-state index contributed by atoms with van der Waals surface area (Å²) in [6, 6.07) is 12.3. The van der Waals surface area contributed by atoms with E-state index in [4.69, 9.17) is 0 Å². The lowest BCUT2D eigenvalue weighted by molar-refractivity contribution is -0.128. The Balaban J connectivity index is 1.74. The second-order valence-electron chi connectivity index (χ2n) is 7.09. The highest BCUT2D eigenvalue weighted by molar-refractivity contribution is 6.08. The lowest BCUT2D eigenvalue weighted by Crippen LogP contribution is -2.30. The zero-order valence-electron chi connectivity index (χ0n) is 15.3. The molecule has 0 bridgehead atoms. The highest BCUT2D eigenvalue weighted by atomic mass is 19.1. The Morgan fingerprint density at radius 1 is 1.07 bits per heavy atom. The van der Waals surface area contributed by atoms with Crippen molar-refractivity contribution in [2.45, 2.75) is 25.3 Å². The van der Waals surface area contributed by atoms with Crippen molar-refractivity contribution in [2.24, 2.45) is 11.0 Å². The molecule has 0 N–H and O–H groups in total. The van der Waals surface area contributed by atoms with Crippen LogP contribution in [0.5, 0.6) is 0 Å². The average Bonchev–Trinajstić information content (AvgIpc) is 3.10. The molecule has 0 radical (unpaired) electrons. The molecule has 142 valence electrons. The van der Waals surface area contributed by atoms with Crippen molar-refractivity contribution in [1.82, 2.24) is 5.01 Å². The highest BCUT2D eigenvalue weighted by Crippen LogP contribution is 2.44. The molecule has 4 rings (SSSR count). The summed E-state index contributed by atoms with van der Waals surface area (Å²) in [7, 11) is 0. The number of amides is 1. The van der Waals surface area contributed by atoms with Gasteiger partial charge in [-0.25, -0.2) is 13.8 Å². The summed E-state index contributed by atoms with van der Waals surface area (Å²) < 4.78 is 26.6. The third kappa shape index (κ3) is 3.40. The van der Waals surface area contributed by atoms with Gasteiger partial charge in [-0.05, 0) is 72.4 Å². The molecule has 1 heterocycles. The first-order chi connectivity index (χ1) is 13.6. The first-order valence-electron chi connectivity index (χ1n) is 9.33. The molecule has 2 aliphatic rings. The fraction of sp³-hybridized carbons (Fsp3) is 0.217. The fourth-order valence-electron chi connectivity index (χ4n) is 4.03. The number of hydrogen-bond acceptors (Lipinski definition) is 2. The Bertz CT molecular complexity index is 961. The van der Waals surface area contributed by atoms with Crippen molar-refractivity contribution in [3.8, 4) is 0 Å². The maximum atomic E-state index is 13.4. The van der Waals surface area contributed by atoms with Gasteiger partial charge in [0.05, 0.1) is 11.8 Å². The summed E-state index contributed by atoms with van der Waals surface area (Å²) in [5, 5.41) is 6.11. The van der Waals surface area contributed by atoms with E-state index >= 15 is 0 Å². The Morgan fingerprint density at radius 3 is 2.36 bits per heavy atom. The molecule has 0 spiro atoms. The number of fused-ring (bicyclic) bond motifs is 1. The van der Waals surface area contributed by atoms with Crippen molar-refractivity contribution in [2.75, 3.05) is 0 Å². The number of hydrazone groups is 1. The lowest BCUT2D eigenvalue weighted by Gasteiger charge is -2.29. The topological polar surface area (TPSA) is 32.7 Å². The quantitative estimate of drug-likeness (QED) is 0.670. The summed E-state index contributed by atoms with van der Waals surface area (Å²) in [5.74, 6) is -0.835. The van der Waals surface area contributed by atoms with Gasteiger partial charge in [-0.3, -0.25) is 4.79 Å². The number of benzene rings is 2. The summed E-state index contributed by atoms with van der Waals surface area (Å²) in [6.45, 7) is 3.59. The minimum Gasteiger partial charge on any atom is -0.268 e. The number of carbonyl (C=O) groups is 1. The van der Waals surface area contributed by atoms with E-state index in [1.54, 1.807) is 24.3 Å². The van der Waals surface area contributed by atoms with Gasteiger partial charge in [0.2, 0.25) is 0 Å². The molecule has 0 aromatic heterocycles. The predicted molar refractivity (Wildman–Crippen MR) is 105 cm³/mol. The minimum atomic E-state index is -0.315. The number of rotatable bonds is 3. The molecule has 1 aliphatic heterocycles. The lowest BCUT2D eigenvalue weighted by atomic mass is 9.77. The monoisotopic (exact) mass is 378 g/mol. The van der Waals surface area contributed by atoms with E-state index in [0.29, 0.717) is 0 Å². The molecule has 1 saturated carbocycles. The summed E-state index contributed by atoms with van der Waals surface area (Å²) in [4.78, 5) is 12.5. The van der Waals surface area contributed by atoms with Gasteiger partial charge in [-0.1, -0.05) is 30.8 Å². The third-order valence-corrected chi connectivity index (χ3v) is 5.32. The van der Waals surface area contributed by atoms with E-state index in [-0.39, 0.29) is 29.5 Å². The van der Waals surface area contributed by atoms with E-state index in [1.165, 1.54) is 35.4 Å². The van der Waals surface area contributed by atoms with Crippen LogP contribution in [-0.2, 0) is 4.79 Å². The summed E-state index contributed by atoms with van der Waals surface area (Å²) >= 11 is 0. The molecule has 1 fully saturated rings. The van der Waals surface area contributed by atoms with Crippen molar-refractivity contribution < 1.29 is 13.6 Å². The molecule has 2 aromatic carbocycles. The predicted octanol–water partition coefficient (Wildman–Crippen LogP) is 5.27. The average molecular weight is 378 g/mol. The number of nitrogens with zero attached hydrogens (tertiary/aromatic N) is 2. The van der Waals surface area contributed by atoms with Crippen molar-refractivity contribution in [3.05, 3.63) is 89.5 Å². The maximum absolute atomic E-state index is 13.4. The molecule has 1 amide bonds. The zero-order valence-corrected chi connectivity index (χ0v) is 15.3. The molecule has 2 aromatic rings. The van der Waals surface area contributed by atoms with Gasteiger partial charge in [0.25, 0.3) is 5.91 Å². The molecule has 2 atom stereocenters. The molecular weight excluding hydrogens is 358 g/mol. The van der Waals surface area contributed by atoms with E-state index in [1.807, 2.05) is 6.08 Å². The van der Waals surface area contributed by atoms with Crippen LogP contribution in [0.2, 0.25) is 0 Å². The SMILES string of the molecule is C=CC(=O)N1N=C2/C(=C/c3ccc(F)cc3)CCC[C@@H]2[C@H]1c1ccc(F)cc1. The standard InChI is InChI=1S/C23H20F2N2O/c1-2-21(28)27-23(16-8-12-19(25)13-9-16)20-5-3-4-17(22(20)26-27)14-15-6-10-18(24)11-7-15/h2,6-14,20,23H,1,3-5H2/b17-14+/t20-,23+/m0/s1. The van der Waals surface area contributed by atoms with Gasteiger partial charge in [0.15, 0.2) is 0 Å². The smallest absolute Gasteiger partial charge is 0.266 e. The Hall–Kier alpha value is -3.08. The molecule has 5 heteroatoms. The van der Waals surface area contributed by atoms with Crippen molar-refractivity contribution in [1.29, 1.82) is 0 Å². The van der Waals surface area contributed by atoms with E-state index in [2.05, 4.69) is 11.7 Å².